The maximum Gasteiger partial charge on any atom is 0.417 e. The number of aromatic nitrogens is 1. The summed E-state index contributed by atoms with van der Waals surface area (Å²) in [6, 6.07) is 2.17. The Morgan fingerprint density at radius 2 is 2.00 bits per heavy atom. The molecule has 1 aromatic heterocycles. The third-order valence-corrected chi connectivity index (χ3v) is 4.87. The van der Waals surface area contributed by atoms with Gasteiger partial charge in [0.1, 0.15) is 5.69 Å². The summed E-state index contributed by atoms with van der Waals surface area (Å²) in [5.41, 5.74) is -3.16. The second kappa shape index (κ2) is 7.57. The molecule has 1 aliphatic rings. The molecule has 0 N–H and O–H groups in total. The molecule has 1 aliphatic heterocycles. The van der Waals surface area contributed by atoms with Crippen molar-refractivity contribution in [3.63, 3.8) is 0 Å². The number of carbonyl (C=O) groups is 1. The third-order valence-electron chi connectivity index (χ3n) is 4.87. The molecule has 0 saturated carbocycles. The first-order chi connectivity index (χ1) is 12.5. The van der Waals surface area contributed by atoms with Crippen LogP contribution in [0.25, 0.3) is 0 Å². The lowest BCUT2D eigenvalue weighted by Gasteiger charge is -2.31. The Labute approximate surface area is 152 Å². The average Bonchev–Trinajstić information content (AvgIpc) is 2.87. The Kier molecular flexibility index (Phi) is 5.98. The number of ether oxygens (including phenoxy) is 3. The Bertz CT molecular complexity index is 696. The Morgan fingerprint density at radius 1 is 1.37 bits per heavy atom. The van der Waals surface area contributed by atoms with Crippen LogP contribution in [0.1, 0.15) is 44.4 Å². The minimum Gasteiger partial charge on any atom is -0.481 e. The van der Waals surface area contributed by atoms with Crippen molar-refractivity contribution < 1.29 is 41.0 Å². The van der Waals surface area contributed by atoms with E-state index in [1.165, 1.54) is 19.9 Å². The number of alkyl halides is 5. The molecule has 27 heavy (non-hydrogen) atoms. The van der Waals surface area contributed by atoms with Gasteiger partial charge in [0.25, 0.3) is 6.43 Å². The summed E-state index contributed by atoms with van der Waals surface area (Å²) in [6.45, 7) is 3.57. The molecule has 0 aliphatic carbocycles. The van der Waals surface area contributed by atoms with E-state index in [9.17, 15) is 26.7 Å². The summed E-state index contributed by atoms with van der Waals surface area (Å²) in [4.78, 5) is 15.9. The topological polar surface area (TPSA) is 57.7 Å². The van der Waals surface area contributed by atoms with Crippen LogP contribution >= 0.6 is 0 Å². The van der Waals surface area contributed by atoms with Gasteiger partial charge < -0.3 is 14.2 Å². The summed E-state index contributed by atoms with van der Waals surface area (Å²) < 4.78 is 81.7. The highest BCUT2D eigenvalue weighted by Crippen LogP contribution is 2.54. The van der Waals surface area contributed by atoms with E-state index in [0.29, 0.717) is 0 Å². The van der Waals surface area contributed by atoms with Crippen molar-refractivity contribution in [1.82, 2.24) is 4.98 Å². The predicted octanol–water partition coefficient (Wildman–Crippen LogP) is 4.03. The molecule has 5 nitrogen and oxygen atoms in total. The van der Waals surface area contributed by atoms with Gasteiger partial charge in [-0.25, -0.2) is 18.6 Å². The lowest BCUT2D eigenvalue weighted by Crippen LogP contribution is -2.47. The van der Waals surface area contributed by atoms with Crippen LogP contribution in [0.2, 0.25) is 0 Å². The predicted molar refractivity (Wildman–Crippen MR) is 83.6 cm³/mol. The fourth-order valence-electron chi connectivity index (χ4n) is 3.23. The standard InChI is InChI=1S/C17H20F5NO4/c1-5-26-15(24)12-11(8(2)16(3,27-12)17(20,21)22)9-6-7-10(13(18)19)23-14(9)25-4/h6-8,11-13H,5H2,1-4H3/t8-,11?,12-,16?/m0/s1. The van der Waals surface area contributed by atoms with Crippen LogP contribution in [-0.2, 0) is 14.3 Å². The molecule has 1 aromatic rings. The highest BCUT2D eigenvalue weighted by atomic mass is 19.4. The number of esters is 1. The maximum atomic E-state index is 13.6. The molecule has 1 fully saturated rings. The normalized spacial score (nSPS) is 28.4. The van der Waals surface area contributed by atoms with Gasteiger partial charge in [-0.3, -0.25) is 0 Å². The van der Waals surface area contributed by atoms with Crippen molar-refractivity contribution in [2.24, 2.45) is 5.92 Å². The number of hydrogen-bond acceptors (Lipinski definition) is 5. The number of hydrogen-bond donors (Lipinski definition) is 0. The first-order valence-electron chi connectivity index (χ1n) is 8.22. The number of halogens is 5. The maximum absolute atomic E-state index is 13.6. The summed E-state index contributed by atoms with van der Waals surface area (Å²) in [7, 11) is 1.16. The van der Waals surface area contributed by atoms with Gasteiger partial charge in [-0.15, -0.1) is 0 Å². The van der Waals surface area contributed by atoms with Gasteiger partial charge in [-0.05, 0) is 19.9 Å². The number of pyridine rings is 1. The van der Waals surface area contributed by atoms with Crippen molar-refractivity contribution in [2.75, 3.05) is 13.7 Å². The molecule has 2 heterocycles. The van der Waals surface area contributed by atoms with E-state index >= 15 is 0 Å². The van der Waals surface area contributed by atoms with E-state index in [0.717, 1.165) is 20.1 Å². The molecule has 0 spiro atoms. The van der Waals surface area contributed by atoms with Gasteiger partial charge in [-0.1, -0.05) is 13.0 Å². The average molecular weight is 397 g/mol. The molecular weight excluding hydrogens is 377 g/mol. The Hall–Kier alpha value is -1.97. The van der Waals surface area contributed by atoms with Crippen molar-refractivity contribution in [3.8, 4) is 5.88 Å². The molecule has 2 unspecified atom stereocenters. The monoisotopic (exact) mass is 397 g/mol. The van der Waals surface area contributed by atoms with Gasteiger partial charge in [0, 0.05) is 17.4 Å². The fraction of sp³-hybridized carbons (Fsp3) is 0.647. The molecule has 152 valence electrons. The summed E-state index contributed by atoms with van der Waals surface area (Å²) in [5.74, 6) is -3.64. The van der Waals surface area contributed by atoms with Crippen LogP contribution < -0.4 is 4.74 Å². The van der Waals surface area contributed by atoms with Crippen LogP contribution in [0, 0.1) is 5.92 Å². The van der Waals surface area contributed by atoms with Crippen molar-refractivity contribution in [2.45, 2.75) is 51.0 Å². The molecule has 0 amide bonds. The fourth-order valence-corrected chi connectivity index (χ4v) is 3.23. The largest absolute Gasteiger partial charge is 0.481 e. The van der Waals surface area contributed by atoms with Crippen LogP contribution in [-0.4, -0.2) is 42.6 Å². The van der Waals surface area contributed by atoms with E-state index in [-0.39, 0.29) is 18.1 Å². The van der Waals surface area contributed by atoms with Crippen LogP contribution in [0.15, 0.2) is 12.1 Å². The van der Waals surface area contributed by atoms with Gasteiger partial charge in [-0.2, -0.15) is 13.2 Å². The van der Waals surface area contributed by atoms with Gasteiger partial charge in [0.05, 0.1) is 13.7 Å². The highest BCUT2D eigenvalue weighted by Gasteiger charge is 2.66. The minimum atomic E-state index is -4.77. The zero-order valence-corrected chi connectivity index (χ0v) is 15.1. The molecular formula is C17H20F5NO4. The molecule has 1 saturated heterocycles. The van der Waals surface area contributed by atoms with E-state index in [1.54, 1.807) is 0 Å². The summed E-state index contributed by atoms with van der Waals surface area (Å²) in [6.07, 6.45) is -9.23. The molecule has 4 atom stereocenters. The second-order valence-electron chi connectivity index (χ2n) is 6.35. The highest BCUT2D eigenvalue weighted by molar-refractivity contribution is 5.77. The van der Waals surface area contributed by atoms with Gasteiger partial charge >= 0.3 is 12.1 Å². The zero-order chi connectivity index (χ0) is 20.6. The first kappa shape index (κ1) is 21.3. The van der Waals surface area contributed by atoms with Gasteiger partial charge in [0.2, 0.25) is 5.88 Å². The van der Waals surface area contributed by atoms with E-state index < -0.39 is 47.8 Å². The zero-order valence-electron chi connectivity index (χ0n) is 15.1. The van der Waals surface area contributed by atoms with Crippen molar-refractivity contribution in [1.29, 1.82) is 0 Å². The first-order valence-corrected chi connectivity index (χ1v) is 8.22. The number of rotatable bonds is 5. The third kappa shape index (κ3) is 3.71. The summed E-state index contributed by atoms with van der Waals surface area (Å²) in [5, 5.41) is 0. The smallest absolute Gasteiger partial charge is 0.417 e. The second-order valence-corrected chi connectivity index (χ2v) is 6.35. The van der Waals surface area contributed by atoms with Crippen LogP contribution in [0.5, 0.6) is 5.88 Å². The van der Waals surface area contributed by atoms with E-state index in [1.807, 2.05) is 0 Å². The number of carbonyl (C=O) groups excluding carboxylic acids is 1. The molecule has 10 heteroatoms. The molecule has 0 radical (unpaired) electrons. The lowest BCUT2D eigenvalue weighted by atomic mass is 9.77. The minimum absolute atomic E-state index is 0.0533. The van der Waals surface area contributed by atoms with E-state index in [4.69, 9.17) is 14.2 Å². The summed E-state index contributed by atoms with van der Waals surface area (Å²) >= 11 is 0. The number of nitrogens with zero attached hydrogens (tertiary/aromatic N) is 1. The van der Waals surface area contributed by atoms with Crippen molar-refractivity contribution in [3.05, 3.63) is 23.4 Å². The Morgan fingerprint density at radius 3 is 2.48 bits per heavy atom. The van der Waals surface area contributed by atoms with Crippen LogP contribution in [0.3, 0.4) is 0 Å². The molecule has 2 rings (SSSR count). The lowest BCUT2D eigenvalue weighted by molar-refractivity contribution is -0.274. The van der Waals surface area contributed by atoms with Crippen LogP contribution in [0.4, 0.5) is 22.0 Å². The van der Waals surface area contributed by atoms with Crippen molar-refractivity contribution >= 4 is 5.97 Å². The SMILES string of the molecule is CCOC(=O)[C@H]1OC(C)(C(F)(F)F)[C@@H](C)C1c1ccc(C(F)F)nc1OC. The number of methoxy groups -OCH3 is 1. The molecule has 0 bridgehead atoms. The quantitative estimate of drug-likeness (QED) is 0.555. The molecule has 0 aromatic carbocycles. The van der Waals surface area contributed by atoms with E-state index in [2.05, 4.69) is 4.98 Å². The van der Waals surface area contributed by atoms with Gasteiger partial charge in [0.15, 0.2) is 11.7 Å². The Balaban J connectivity index is 2.58.